The highest BCUT2D eigenvalue weighted by atomic mass is 16.5. The summed E-state index contributed by atoms with van der Waals surface area (Å²) in [6.45, 7) is 12.8. The maximum atomic E-state index is 5.95. The first-order valence-corrected chi connectivity index (χ1v) is 10.9. The lowest BCUT2D eigenvalue weighted by atomic mass is 10.2. The number of piperazine rings is 1. The Labute approximate surface area is 181 Å². The number of rotatable bonds is 11. The third-order valence-electron chi connectivity index (χ3n) is 5.43. The molecule has 0 bridgehead atoms. The molecule has 162 valence electrons. The number of hydrogen-bond donors (Lipinski definition) is 1. The lowest BCUT2D eigenvalue weighted by Crippen LogP contribution is -2.46. The molecule has 0 saturated carbocycles. The van der Waals surface area contributed by atoms with Crippen LogP contribution >= 0.6 is 0 Å². The zero-order valence-corrected chi connectivity index (χ0v) is 18.4. The van der Waals surface area contributed by atoms with Gasteiger partial charge in [-0.25, -0.2) is 0 Å². The molecular formula is C25H35N3O2. The second kappa shape index (κ2) is 11.5. The monoisotopic (exact) mass is 409 g/mol. The fourth-order valence-electron chi connectivity index (χ4n) is 3.73. The van der Waals surface area contributed by atoms with Gasteiger partial charge in [0.2, 0.25) is 0 Å². The van der Waals surface area contributed by atoms with E-state index in [2.05, 4.69) is 46.0 Å². The quantitative estimate of drug-likeness (QED) is 0.560. The summed E-state index contributed by atoms with van der Waals surface area (Å²) >= 11 is 0. The van der Waals surface area contributed by atoms with Crippen molar-refractivity contribution in [3.8, 4) is 11.5 Å². The first kappa shape index (κ1) is 22.0. The Bertz CT molecular complexity index is 800. The molecule has 1 saturated heterocycles. The van der Waals surface area contributed by atoms with Gasteiger partial charge in [0.25, 0.3) is 0 Å². The molecule has 5 heteroatoms. The highest BCUT2D eigenvalue weighted by molar-refractivity contribution is 5.58. The van der Waals surface area contributed by atoms with E-state index in [4.69, 9.17) is 9.47 Å². The molecule has 0 spiro atoms. The zero-order chi connectivity index (χ0) is 21.2. The van der Waals surface area contributed by atoms with Crippen LogP contribution in [0.4, 0.5) is 5.69 Å². The molecule has 30 heavy (non-hydrogen) atoms. The van der Waals surface area contributed by atoms with E-state index in [9.17, 15) is 0 Å². The van der Waals surface area contributed by atoms with Crippen molar-refractivity contribution in [2.24, 2.45) is 0 Å². The van der Waals surface area contributed by atoms with Gasteiger partial charge in [0.05, 0.1) is 19.4 Å². The molecule has 0 aromatic heterocycles. The van der Waals surface area contributed by atoms with Crippen molar-refractivity contribution >= 4 is 5.69 Å². The minimum Gasteiger partial charge on any atom is -0.495 e. The second-order valence-electron chi connectivity index (χ2n) is 7.84. The van der Waals surface area contributed by atoms with Gasteiger partial charge in [-0.3, -0.25) is 4.90 Å². The van der Waals surface area contributed by atoms with E-state index in [-0.39, 0.29) is 0 Å². The van der Waals surface area contributed by atoms with Gasteiger partial charge >= 0.3 is 0 Å². The van der Waals surface area contributed by atoms with Crippen LogP contribution in [0.25, 0.3) is 0 Å². The summed E-state index contributed by atoms with van der Waals surface area (Å²) in [5.74, 6) is 1.91. The van der Waals surface area contributed by atoms with Crippen LogP contribution in [0.1, 0.15) is 25.3 Å². The van der Waals surface area contributed by atoms with E-state index in [1.807, 2.05) is 31.2 Å². The molecular weight excluding hydrogens is 374 g/mol. The van der Waals surface area contributed by atoms with Crippen LogP contribution in [0.3, 0.4) is 0 Å². The standard InChI is InChI=1S/C25H35N3O2/c1-21(2)26-20-22-9-8-10-23(19-22)30-18-7-6-13-27-14-16-28(17-15-27)24-11-4-5-12-25(24)29-3/h4-5,8-12,19,26H,1,6-7,13-18,20H2,2-3H3. The van der Waals surface area contributed by atoms with Gasteiger partial charge < -0.3 is 19.7 Å². The van der Waals surface area contributed by atoms with Crippen molar-refractivity contribution in [2.75, 3.05) is 51.3 Å². The third kappa shape index (κ3) is 6.70. The van der Waals surface area contributed by atoms with Gasteiger partial charge in [0.15, 0.2) is 0 Å². The lowest BCUT2D eigenvalue weighted by molar-refractivity contribution is 0.238. The Morgan fingerprint density at radius 2 is 1.83 bits per heavy atom. The maximum absolute atomic E-state index is 5.95. The number of methoxy groups -OCH3 is 1. The molecule has 0 amide bonds. The Hall–Kier alpha value is -2.66. The number of unbranched alkanes of at least 4 members (excludes halogenated alkanes) is 1. The summed E-state index contributed by atoms with van der Waals surface area (Å²) in [7, 11) is 1.74. The molecule has 1 fully saturated rings. The van der Waals surface area contributed by atoms with Gasteiger partial charge in [-0.2, -0.15) is 0 Å². The Morgan fingerprint density at radius 3 is 2.60 bits per heavy atom. The van der Waals surface area contributed by atoms with Crippen LogP contribution in [0.15, 0.2) is 60.8 Å². The number of para-hydroxylation sites is 2. The van der Waals surface area contributed by atoms with Gasteiger partial charge in [-0.15, -0.1) is 0 Å². The predicted octanol–water partition coefficient (Wildman–Crippen LogP) is 4.30. The topological polar surface area (TPSA) is 37.0 Å². The van der Waals surface area contributed by atoms with Crippen LogP contribution in [-0.2, 0) is 6.54 Å². The first-order chi connectivity index (χ1) is 14.7. The van der Waals surface area contributed by atoms with Crippen molar-refractivity contribution in [1.29, 1.82) is 0 Å². The van der Waals surface area contributed by atoms with Crippen LogP contribution in [0.2, 0.25) is 0 Å². The number of nitrogens with one attached hydrogen (secondary N) is 1. The van der Waals surface area contributed by atoms with Crippen molar-refractivity contribution < 1.29 is 9.47 Å². The SMILES string of the molecule is C=C(C)NCc1cccc(OCCCCN2CCN(c3ccccc3OC)CC2)c1. The molecule has 0 atom stereocenters. The molecule has 1 heterocycles. The molecule has 0 radical (unpaired) electrons. The van der Waals surface area contributed by atoms with E-state index < -0.39 is 0 Å². The summed E-state index contributed by atoms with van der Waals surface area (Å²) in [6, 6.07) is 16.6. The van der Waals surface area contributed by atoms with Gasteiger partial charge in [-0.05, 0) is 56.1 Å². The van der Waals surface area contributed by atoms with Gasteiger partial charge in [0.1, 0.15) is 11.5 Å². The van der Waals surface area contributed by atoms with Crippen molar-refractivity contribution in [3.63, 3.8) is 0 Å². The predicted molar refractivity (Wildman–Crippen MR) is 124 cm³/mol. The largest absolute Gasteiger partial charge is 0.495 e. The smallest absolute Gasteiger partial charge is 0.142 e. The third-order valence-corrected chi connectivity index (χ3v) is 5.43. The average molecular weight is 410 g/mol. The van der Waals surface area contributed by atoms with Crippen LogP contribution in [0.5, 0.6) is 11.5 Å². The van der Waals surface area contributed by atoms with Crippen molar-refractivity contribution in [1.82, 2.24) is 10.2 Å². The summed E-state index contributed by atoms with van der Waals surface area (Å²) in [6.07, 6.45) is 2.23. The zero-order valence-electron chi connectivity index (χ0n) is 18.4. The Kier molecular flexibility index (Phi) is 8.45. The van der Waals surface area contributed by atoms with Crippen molar-refractivity contribution in [3.05, 3.63) is 66.4 Å². The number of allylic oxidation sites excluding steroid dienone is 1. The molecule has 0 aliphatic carbocycles. The Morgan fingerprint density at radius 1 is 1.03 bits per heavy atom. The normalized spacial score (nSPS) is 14.4. The molecule has 2 aromatic carbocycles. The molecule has 0 unspecified atom stereocenters. The van der Waals surface area contributed by atoms with E-state index >= 15 is 0 Å². The summed E-state index contributed by atoms with van der Waals surface area (Å²) < 4.78 is 11.5. The molecule has 1 N–H and O–H groups in total. The number of anilines is 1. The number of ether oxygens (including phenoxy) is 2. The molecule has 3 rings (SSSR count). The number of nitrogens with zero attached hydrogens (tertiary/aromatic N) is 2. The first-order valence-electron chi connectivity index (χ1n) is 10.9. The number of hydrogen-bond acceptors (Lipinski definition) is 5. The molecule has 2 aromatic rings. The van der Waals surface area contributed by atoms with Crippen LogP contribution < -0.4 is 19.7 Å². The van der Waals surface area contributed by atoms with E-state index in [0.717, 1.165) is 75.9 Å². The van der Waals surface area contributed by atoms with Gasteiger partial charge in [0, 0.05) is 38.4 Å². The van der Waals surface area contributed by atoms with Crippen LogP contribution in [0, 0.1) is 0 Å². The summed E-state index contributed by atoms with van der Waals surface area (Å²) in [4.78, 5) is 4.98. The molecule has 1 aliphatic heterocycles. The highest BCUT2D eigenvalue weighted by Gasteiger charge is 2.18. The van der Waals surface area contributed by atoms with Crippen LogP contribution in [-0.4, -0.2) is 51.3 Å². The molecule has 1 aliphatic rings. The van der Waals surface area contributed by atoms with Crippen molar-refractivity contribution in [2.45, 2.75) is 26.3 Å². The van der Waals surface area contributed by atoms with Gasteiger partial charge in [-0.1, -0.05) is 30.8 Å². The minimum atomic E-state index is 0.762. The number of benzene rings is 2. The fraction of sp³-hybridized carbons (Fsp3) is 0.440. The average Bonchev–Trinajstić information content (AvgIpc) is 2.78. The lowest BCUT2D eigenvalue weighted by Gasteiger charge is -2.36. The Balaban J connectivity index is 1.32. The highest BCUT2D eigenvalue weighted by Crippen LogP contribution is 2.28. The van der Waals surface area contributed by atoms with E-state index in [1.54, 1.807) is 7.11 Å². The van der Waals surface area contributed by atoms with E-state index in [0.29, 0.717) is 0 Å². The maximum Gasteiger partial charge on any atom is 0.142 e. The minimum absolute atomic E-state index is 0.762. The summed E-state index contributed by atoms with van der Waals surface area (Å²) in [5, 5.41) is 3.26. The second-order valence-corrected chi connectivity index (χ2v) is 7.84. The van der Waals surface area contributed by atoms with E-state index in [1.165, 1.54) is 11.3 Å². The molecule has 5 nitrogen and oxygen atoms in total. The fourth-order valence-corrected chi connectivity index (χ4v) is 3.73. The summed E-state index contributed by atoms with van der Waals surface area (Å²) in [5.41, 5.74) is 3.39.